The summed E-state index contributed by atoms with van der Waals surface area (Å²) in [4.78, 5) is 49.3. The molecule has 0 saturated carbocycles. The highest BCUT2D eigenvalue weighted by molar-refractivity contribution is 14.1. The number of carbonyl (C=O) groups excluding carboxylic acids is 4. The molecular weight excluding hydrogens is 715 g/mol. The summed E-state index contributed by atoms with van der Waals surface area (Å²) < 4.78 is 57.0. The largest absolute Gasteiger partial charge is 0.492 e. The molecule has 0 spiro atoms. The number of rotatable bonds is 10. The lowest BCUT2D eigenvalue weighted by Gasteiger charge is -2.43. The molecule has 45 heavy (non-hydrogen) atoms. The highest BCUT2D eigenvalue weighted by atomic mass is 127. The van der Waals surface area contributed by atoms with Crippen LogP contribution in [-0.2, 0) is 47.5 Å². The molecule has 3 rings (SSSR count). The third-order valence-electron chi connectivity index (χ3n) is 7.19. The van der Waals surface area contributed by atoms with E-state index in [-0.39, 0.29) is 29.2 Å². The highest BCUT2D eigenvalue weighted by Gasteiger charge is 2.50. The van der Waals surface area contributed by atoms with Gasteiger partial charge in [0.05, 0.1) is 30.0 Å². The van der Waals surface area contributed by atoms with Crippen molar-refractivity contribution in [1.82, 2.24) is 0 Å². The van der Waals surface area contributed by atoms with Gasteiger partial charge >= 0.3 is 23.9 Å². The third kappa shape index (κ3) is 8.27. The third-order valence-corrected chi connectivity index (χ3v) is 8.49. The first-order chi connectivity index (χ1) is 21.1. The molecule has 252 valence electrons. The average molecular weight is 755 g/mol. The second-order valence-electron chi connectivity index (χ2n) is 10.4. The van der Waals surface area contributed by atoms with E-state index < -0.39 is 79.2 Å². The van der Waals surface area contributed by atoms with Gasteiger partial charge in [0.2, 0.25) is 12.0 Å². The number of esters is 4. The molecule has 0 amide bonds. The Morgan fingerprint density at radius 1 is 0.756 bits per heavy atom. The van der Waals surface area contributed by atoms with Gasteiger partial charge in [-0.25, -0.2) is 4.79 Å². The summed E-state index contributed by atoms with van der Waals surface area (Å²) in [6.07, 6.45) is -9.24. The van der Waals surface area contributed by atoms with Crippen molar-refractivity contribution in [2.24, 2.45) is 0 Å². The predicted molar refractivity (Wildman–Crippen MR) is 160 cm³/mol. The number of aliphatic hydroxyl groups is 1. The van der Waals surface area contributed by atoms with Crippen LogP contribution in [0.25, 0.3) is 0 Å². The molecule has 1 aromatic carbocycles. The highest BCUT2D eigenvalue weighted by Crippen LogP contribution is 2.47. The van der Waals surface area contributed by atoms with Crippen LogP contribution in [0.1, 0.15) is 57.0 Å². The minimum Gasteiger partial charge on any atom is -0.492 e. The van der Waals surface area contributed by atoms with Crippen molar-refractivity contribution in [2.75, 3.05) is 21.3 Å². The smallest absolute Gasteiger partial charge is 0.342 e. The Hall–Kier alpha value is -2.93. The minimum atomic E-state index is -1.28. The standard InChI is InChI=1S/C29H39IO15/c1-11-19(28(35)44-21-12(2)39-18(34)10-17(21)41-14(4)31)23(36-7)26(38-9)24(20(11)30)45-29-27(43-16(6)33)25(37-8)22(13(3)40-29)42-15(5)32/h12-13,17-18,21-22,25,27,29,34H,10H2,1-9H3/t12-,13+,17+,18-,21-,22+,25-,27-,29+/m1/s1. The Balaban J connectivity index is 2.04. The van der Waals surface area contributed by atoms with Crippen LogP contribution in [-0.4, -0.2) is 106 Å². The number of ether oxygens (including phenoxy) is 10. The van der Waals surface area contributed by atoms with E-state index in [4.69, 9.17) is 47.4 Å². The van der Waals surface area contributed by atoms with Gasteiger partial charge in [-0.05, 0) is 48.9 Å². The zero-order chi connectivity index (χ0) is 33.7. The number of halogens is 1. The molecule has 0 unspecified atom stereocenters. The van der Waals surface area contributed by atoms with Crippen molar-refractivity contribution >= 4 is 46.5 Å². The van der Waals surface area contributed by atoms with E-state index >= 15 is 0 Å². The monoisotopic (exact) mass is 754 g/mol. The van der Waals surface area contributed by atoms with Crippen LogP contribution in [0.5, 0.6) is 17.2 Å². The second kappa shape index (κ2) is 15.6. The Bertz CT molecular complexity index is 1270. The van der Waals surface area contributed by atoms with Gasteiger partial charge < -0.3 is 52.5 Å². The van der Waals surface area contributed by atoms with Gasteiger partial charge in [-0.1, -0.05) is 0 Å². The van der Waals surface area contributed by atoms with Gasteiger partial charge in [0, 0.05) is 34.3 Å². The van der Waals surface area contributed by atoms with Crippen molar-refractivity contribution < 1.29 is 71.7 Å². The predicted octanol–water partition coefficient (Wildman–Crippen LogP) is 2.20. The number of aliphatic hydroxyl groups excluding tert-OH is 1. The lowest BCUT2D eigenvalue weighted by molar-refractivity contribution is -0.281. The molecule has 0 aromatic heterocycles. The topological polar surface area (TPSA) is 181 Å². The van der Waals surface area contributed by atoms with Crippen LogP contribution < -0.4 is 14.2 Å². The fraction of sp³-hybridized carbons (Fsp3) is 0.655. The summed E-state index contributed by atoms with van der Waals surface area (Å²) >= 11 is 1.95. The number of benzene rings is 1. The Morgan fingerprint density at radius 2 is 1.31 bits per heavy atom. The first-order valence-corrected chi connectivity index (χ1v) is 15.1. The van der Waals surface area contributed by atoms with E-state index in [1.54, 1.807) is 20.8 Å². The normalized spacial score (nSPS) is 29.6. The number of hydrogen-bond acceptors (Lipinski definition) is 15. The molecule has 2 heterocycles. The summed E-state index contributed by atoms with van der Waals surface area (Å²) in [6, 6.07) is 0. The fourth-order valence-corrected chi connectivity index (χ4v) is 5.96. The maximum absolute atomic E-state index is 13.7. The Morgan fingerprint density at radius 3 is 1.84 bits per heavy atom. The molecule has 9 atom stereocenters. The lowest BCUT2D eigenvalue weighted by atomic mass is 9.98. The van der Waals surface area contributed by atoms with Gasteiger partial charge in [-0.2, -0.15) is 0 Å². The zero-order valence-corrected chi connectivity index (χ0v) is 28.6. The quantitative estimate of drug-likeness (QED) is 0.209. The van der Waals surface area contributed by atoms with E-state index in [2.05, 4.69) is 0 Å². The number of methoxy groups -OCH3 is 3. The lowest BCUT2D eigenvalue weighted by Crippen LogP contribution is -2.61. The summed E-state index contributed by atoms with van der Waals surface area (Å²) in [6.45, 7) is 8.49. The number of carbonyl (C=O) groups is 4. The van der Waals surface area contributed by atoms with Crippen molar-refractivity contribution in [1.29, 1.82) is 0 Å². The molecule has 2 aliphatic heterocycles. The van der Waals surface area contributed by atoms with Crippen LogP contribution in [0.4, 0.5) is 0 Å². The molecule has 16 heteroatoms. The van der Waals surface area contributed by atoms with Crippen LogP contribution in [0.3, 0.4) is 0 Å². The molecule has 0 bridgehead atoms. The van der Waals surface area contributed by atoms with E-state index in [1.165, 1.54) is 42.1 Å². The maximum Gasteiger partial charge on any atom is 0.342 e. The van der Waals surface area contributed by atoms with E-state index in [0.717, 1.165) is 0 Å². The van der Waals surface area contributed by atoms with Gasteiger partial charge in [-0.15, -0.1) is 0 Å². The zero-order valence-electron chi connectivity index (χ0n) is 26.4. The fourth-order valence-electron chi connectivity index (χ4n) is 5.32. The molecule has 15 nitrogen and oxygen atoms in total. The first kappa shape index (κ1) is 36.5. The molecular formula is C29H39IO15. The molecule has 2 aliphatic rings. The molecule has 1 aromatic rings. The summed E-state index contributed by atoms with van der Waals surface area (Å²) in [7, 11) is 4.03. The molecule has 2 saturated heterocycles. The minimum absolute atomic E-state index is 0.00625. The van der Waals surface area contributed by atoms with Crippen LogP contribution >= 0.6 is 22.6 Å². The van der Waals surface area contributed by atoms with Crippen molar-refractivity contribution in [3.63, 3.8) is 0 Å². The van der Waals surface area contributed by atoms with Crippen LogP contribution in [0.2, 0.25) is 0 Å². The van der Waals surface area contributed by atoms with Crippen LogP contribution in [0.15, 0.2) is 0 Å². The molecule has 0 aliphatic carbocycles. The van der Waals surface area contributed by atoms with Crippen LogP contribution in [0, 0.1) is 10.5 Å². The molecule has 0 radical (unpaired) electrons. The van der Waals surface area contributed by atoms with Gasteiger partial charge in [0.15, 0.2) is 36.1 Å². The Labute approximate surface area is 274 Å². The maximum atomic E-state index is 13.7. The number of hydrogen-bond donors (Lipinski definition) is 1. The van der Waals surface area contributed by atoms with E-state index in [9.17, 15) is 24.3 Å². The molecule has 1 N–H and O–H groups in total. The second-order valence-corrected chi connectivity index (χ2v) is 11.5. The summed E-state index contributed by atoms with van der Waals surface area (Å²) in [5, 5.41) is 10.0. The van der Waals surface area contributed by atoms with E-state index in [1.807, 2.05) is 22.6 Å². The first-order valence-electron chi connectivity index (χ1n) is 14.0. The van der Waals surface area contributed by atoms with Gasteiger partial charge in [0.1, 0.15) is 17.8 Å². The summed E-state index contributed by atoms with van der Waals surface area (Å²) in [5.41, 5.74) is 0.362. The van der Waals surface area contributed by atoms with Crippen molar-refractivity contribution in [3.05, 3.63) is 14.7 Å². The van der Waals surface area contributed by atoms with Gasteiger partial charge in [-0.3, -0.25) is 14.4 Å². The SMILES string of the molecule is COc1c(O[C@@H]2O[C@@H](C)[C@H](OC(C)=O)[C@@H](OC)[C@H]2OC(C)=O)c(I)c(C)c(C(=O)O[C@H]2[C@@H](OC(C)=O)C[C@H](O)O[C@@H]2C)c1OC. The van der Waals surface area contributed by atoms with Gasteiger partial charge in [0.25, 0.3) is 0 Å². The summed E-state index contributed by atoms with van der Waals surface area (Å²) in [5.74, 6) is -2.66. The average Bonchev–Trinajstić information content (AvgIpc) is 2.94. The van der Waals surface area contributed by atoms with E-state index in [0.29, 0.717) is 9.13 Å². The van der Waals surface area contributed by atoms with Crippen molar-refractivity contribution in [3.8, 4) is 17.2 Å². The Kier molecular flexibility index (Phi) is 12.6. The van der Waals surface area contributed by atoms with Crippen molar-refractivity contribution in [2.45, 2.75) is 103 Å². The molecule has 2 fully saturated rings.